The van der Waals surface area contributed by atoms with Gasteiger partial charge in [0.05, 0.1) is 19.8 Å². The standard InChI is InChI=1S/C19H28O11/c20-6-10-12(22)13(23)14(24)19(29-10)30-16-11(7-21)28-18(26)17(15(16)25)27-8-9-4-2-1-3-5-9/h1-5,10-26H,6-8H2/t10-,11-,12+,13+,14-,15+,16-,17-,18-,19+/m1/s1. The molecule has 2 saturated heterocycles. The Bertz CT molecular complexity index is 645. The molecule has 1 aromatic carbocycles. The van der Waals surface area contributed by atoms with Crippen molar-refractivity contribution in [2.75, 3.05) is 13.2 Å². The molecule has 3 rings (SSSR count). The molecule has 0 spiro atoms. The van der Waals surface area contributed by atoms with E-state index in [9.17, 15) is 35.7 Å². The van der Waals surface area contributed by atoms with E-state index in [1.807, 2.05) is 6.07 Å². The van der Waals surface area contributed by atoms with E-state index in [0.717, 1.165) is 5.56 Å². The molecule has 11 heteroatoms. The lowest BCUT2D eigenvalue weighted by molar-refractivity contribution is -0.359. The summed E-state index contributed by atoms with van der Waals surface area (Å²) in [6.07, 6.45) is -14.5. The Morgan fingerprint density at radius 2 is 1.40 bits per heavy atom. The maximum Gasteiger partial charge on any atom is 0.187 e. The minimum absolute atomic E-state index is 0.0551. The lowest BCUT2D eigenvalue weighted by Gasteiger charge is -2.46. The maximum atomic E-state index is 10.7. The number of benzene rings is 1. The highest BCUT2D eigenvalue weighted by Gasteiger charge is 2.50. The highest BCUT2D eigenvalue weighted by molar-refractivity contribution is 5.13. The van der Waals surface area contributed by atoms with Crippen molar-refractivity contribution in [1.82, 2.24) is 0 Å². The number of aliphatic hydroxyl groups excluding tert-OH is 7. The number of rotatable bonds is 7. The van der Waals surface area contributed by atoms with Gasteiger partial charge in [0, 0.05) is 0 Å². The van der Waals surface area contributed by atoms with Gasteiger partial charge in [-0.3, -0.25) is 0 Å². The molecule has 0 radical (unpaired) electrons. The SMILES string of the molecule is OC[C@H]1O[C@@H](O[C@H]2[C@H](O)[C@@H](OCc3ccccc3)[C@H](O)O[C@@H]2CO)[C@H](O)[C@@H](O)[C@H]1O. The first-order valence-electron chi connectivity index (χ1n) is 9.61. The average Bonchev–Trinajstić information content (AvgIpc) is 2.76. The van der Waals surface area contributed by atoms with Gasteiger partial charge in [-0.05, 0) is 5.56 Å². The fraction of sp³-hybridized carbons (Fsp3) is 0.684. The van der Waals surface area contributed by atoms with Crippen molar-refractivity contribution in [3.63, 3.8) is 0 Å². The van der Waals surface area contributed by atoms with Crippen LogP contribution in [0.15, 0.2) is 30.3 Å². The molecular formula is C19H28O11. The molecule has 0 amide bonds. The van der Waals surface area contributed by atoms with Crippen LogP contribution >= 0.6 is 0 Å². The van der Waals surface area contributed by atoms with Crippen LogP contribution in [-0.4, -0.2) is 110 Å². The summed E-state index contributed by atoms with van der Waals surface area (Å²) < 4.78 is 21.7. The summed E-state index contributed by atoms with van der Waals surface area (Å²) in [5, 5.41) is 69.7. The van der Waals surface area contributed by atoms with Crippen LogP contribution in [0.3, 0.4) is 0 Å². The van der Waals surface area contributed by atoms with Gasteiger partial charge in [0.25, 0.3) is 0 Å². The molecule has 2 fully saturated rings. The largest absolute Gasteiger partial charge is 0.394 e. The summed E-state index contributed by atoms with van der Waals surface area (Å²) in [5.41, 5.74) is 0.785. The molecule has 11 nitrogen and oxygen atoms in total. The van der Waals surface area contributed by atoms with Crippen molar-refractivity contribution in [3.8, 4) is 0 Å². The molecule has 2 aliphatic heterocycles. The van der Waals surface area contributed by atoms with E-state index in [-0.39, 0.29) is 6.61 Å². The monoisotopic (exact) mass is 432 g/mol. The molecule has 30 heavy (non-hydrogen) atoms. The molecular weight excluding hydrogens is 404 g/mol. The summed E-state index contributed by atoms with van der Waals surface area (Å²) in [7, 11) is 0. The normalized spacial score (nSPS) is 42.2. The van der Waals surface area contributed by atoms with Crippen molar-refractivity contribution in [3.05, 3.63) is 35.9 Å². The second-order valence-corrected chi connectivity index (χ2v) is 7.30. The summed E-state index contributed by atoms with van der Waals surface area (Å²) in [6.45, 7) is -1.24. The summed E-state index contributed by atoms with van der Waals surface area (Å²) >= 11 is 0. The van der Waals surface area contributed by atoms with E-state index in [1.54, 1.807) is 24.3 Å². The Balaban J connectivity index is 1.71. The molecule has 7 N–H and O–H groups in total. The van der Waals surface area contributed by atoms with Crippen molar-refractivity contribution >= 4 is 0 Å². The van der Waals surface area contributed by atoms with Crippen LogP contribution in [0.2, 0.25) is 0 Å². The number of ether oxygens (including phenoxy) is 4. The molecule has 0 aromatic heterocycles. The topological polar surface area (TPSA) is 179 Å². The predicted octanol–water partition coefficient (Wildman–Crippen LogP) is -3.17. The third-order valence-electron chi connectivity index (χ3n) is 5.24. The summed E-state index contributed by atoms with van der Waals surface area (Å²) in [6, 6.07) is 9.01. The quantitative estimate of drug-likeness (QED) is 0.231. The van der Waals surface area contributed by atoms with Crippen LogP contribution in [0.1, 0.15) is 5.56 Å². The summed E-state index contributed by atoms with van der Waals surface area (Å²) in [4.78, 5) is 0. The van der Waals surface area contributed by atoms with Gasteiger partial charge < -0.3 is 54.7 Å². The van der Waals surface area contributed by atoms with Crippen molar-refractivity contribution < 1.29 is 54.7 Å². The smallest absolute Gasteiger partial charge is 0.187 e. The number of aliphatic hydroxyl groups is 7. The zero-order chi connectivity index (χ0) is 21.8. The lowest BCUT2D eigenvalue weighted by atomic mass is 9.97. The minimum atomic E-state index is -1.70. The predicted molar refractivity (Wildman–Crippen MR) is 97.6 cm³/mol. The Morgan fingerprint density at radius 3 is 2.03 bits per heavy atom. The van der Waals surface area contributed by atoms with E-state index < -0.39 is 74.6 Å². The molecule has 0 bridgehead atoms. The zero-order valence-electron chi connectivity index (χ0n) is 16.0. The van der Waals surface area contributed by atoms with Crippen LogP contribution in [0.25, 0.3) is 0 Å². The Labute approximate surface area is 172 Å². The number of hydrogen-bond acceptors (Lipinski definition) is 11. The third-order valence-corrected chi connectivity index (χ3v) is 5.24. The molecule has 0 aliphatic carbocycles. The van der Waals surface area contributed by atoms with Gasteiger partial charge in [0.15, 0.2) is 12.6 Å². The molecule has 170 valence electrons. The van der Waals surface area contributed by atoms with Gasteiger partial charge >= 0.3 is 0 Å². The van der Waals surface area contributed by atoms with Gasteiger partial charge in [-0.2, -0.15) is 0 Å². The highest BCUT2D eigenvalue weighted by Crippen LogP contribution is 2.30. The molecule has 0 saturated carbocycles. The molecule has 10 atom stereocenters. The van der Waals surface area contributed by atoms with E-state index in [1.165, 1.54) is 0 Å². The Hall–Kier alpha value is -1.22. The van der Waals surface area contributed by atoms with Gasteiger partial charge in [-0.15, -0.1) is 0 Å². The van der Waals surface area contributed by atoms with Crippen molar-refractivity contribution in [1.29, 1.82) is 0 Å². The molecule has 2 aliphatic rings. The van der Waals surface area contributed by atoms with Crippen LogP contribution in [0, 0.1) is 0 Å². The zero-order valence-corrected chi connectivity index (χ0v) is 16.0. The second-order valence-electron chi connectivity index (χ2n) is 7.30. The number of hydrogen-bond donors (Lipinski definition) is 7. The highest BCUT2D eigenvalue weighted by atomic mass is 16.7. The Morgan fingerprint density at radius 1 is 0.733 bits per heavy atom. The molecule has 1 aromatic rings. The second kappa shape index (κ2) is 10.4. The van der Waals surface area contributed by atoms with Gasteiger partial charge in [-0.25, -0.2) is 0 Å². The fourth-order valence-electron chi connectivity index (χ4n) is 3.51. The van der Waals surface area contributed by atoms with E-state index in [0.29, 0.717) is 0 Å². The van der Waals surface area contributed by atoms with Gasteiger partial charge in [0.2, 0.25) is 0 Å². The average molecular weight is 432 g/mol. The van der Waals surface area contributed by atoms with Crippen LogP contribution in [0.4, 0.5) is 0 Å². The minimum Gasteiger partial charge on any atom is -0.394 e. The molecule has 0 unspecified atom stereocenters. The van der Waals surface area contributed by atoms with Gasteiger partial charge in [0.1, 0.15) is 48.8 Å². The molecule has 2 heterocycles. The fourth-order valence-corrected chi connectivity index (χ4v) is 3.51. The van der Waals surface area contributed by atoms with E-state index in [4.69, 9.17) is 18.9 Å². The van der Waals surface area contributed by atoms with Crippen molar-refractivity contribution in [2.45, 2.75) is 68.0 Å². The maximum absolute atomic E-state index is 10.7. The summed E-state index contributed by atoms with van der Waals surface area (Å²) in [5.74, 6) is 0. The first-order chi connectivity index (χ1) is 14.4. The van der Waals surface area contributed by atoms with E-state index in [2.05, 4.69) is 0 Å². The lowest BCUT2D eigenvalue weighted by Crippen LogP contribution is -2.64. The Kier molecular flexibility index (Phi) is 8.12. The van der Waals surface area contributed by atoms with E-state index >= 15 is 0 Å². The third kappa shape index (κ3) is 4.98. The van der Waals surface area contributed by atoms with Crippen LogP contribution in [-0.2, 0) is 25.6 Å². The first-order valence-corrected chi connectivity index (χ1v) is 9.61. The first kappa shape index (κ1) is 23.4. The van der Waals surface area contributed by atoms with Crippen molar-refractivity contribution in [2.24, 2.45) is 0 Å². The van der Waals surface area contributed by atoms with Crippen LogP contribution < -0.4 is 0 Å². The van der Waals surface area contributed by atoms with Gasteiger partial charge in [-0.1, -0.05) is 30.3 Å². The van der Waals surface area contributed by atoms with Crippen LogP contribution in [0.5, 0.6) is 0 Å².